The second-order valence-corrected chi connectivity index (χ2v) is 15.2. The molecule has 0 fully saturated rings. The lowest BCUT2D eigenvalue weighted by Gasteiger charge is -2.04. The molecule has 286 valence electrons. The number of hydrogen-bond donors (Lipinski definition) is 6. The van der Waals surface area contributed by atoms with Gasteiger partial charge in [-0.1, -0.05) is 91.5 Å². The summed E-state index contributed by atoms with van der Waals surface area (Å²) >= 11 is 19.1. The van der Waals surface area contributed by atoms with Crippen molar-refractivity contribution in [2.45, 2.75) is 6.42 Å². The highest BCUT2D eigenvalue weighted by molar-refractivity contribution is 9.10. The molecular weight excluding hydrogens is 903 g/mol. The van der Waals surface area contributed by atoms with E-state index in [2.05, 4.69) is 61.8 Å². The van der Waals surface area contributed by atoms with Crippen molar-refractivity contribution < 1.29 is 28.7 Å². The van der Waals surface area contributed by atoms with Gasteiger partial charge < -0.3 is 30.4 Å². The summed E-state index contributed by atoms with van der Waals surface area (Å²) < 4.78 is 6.04. The van der Waals surface area contributed by atoms with Gasteiger partial charge in [0.2, 0.25) is 5.91 Å². The van der Waals surface area contributed by atoms with Gasteiger partial charge in [0.25, 0.3) is 17.6 Å². The molecule has 9 rings (SSSR count). The summed E-state index contributed by atoms with van der Waals surface area (Å²) in [5.74, 6) is -2.89. The smallest absolute Gasteiger partial charge is 0.379 e. The Hall–Kier alpha value is -5.93. The van der Waals surface area contributed by atoms with Crippen molar-refractivity contribution in [1.29, 1.82) is 0 Å². The standard InChI is InChI=1S/C20H11BrClN3O2.C11H7BrClNO3.C10H10N2O/c21-9-5-6-14-11(7-9)15(18(22)24-14)17-16(19(26)25-20(17)27)12-8-23-13-4-2-1-3-10(12)13;1-17-11(16)9(15)8-6-4-5(12)2-3-7(6)14-10(8)13;11-10(13)5-7-6-12-9-4-2-1-3-8(7)9/h1-8,23-24H,(H,25,26,27);2-4,14H,1H3;1-4,6,12H,5H2,(H2,11,13). The van der Waals surface area contributed by atoms with Gasteiger partial charge in [-0.25, -0.2) is 4.79 Å². The maximum Gasteiger partial charge on any atom is 0.379 e. The number of esters is 1. The summed E-state index contributed by atoms with van der Waals surface area (Å²) in [6.07, 6.45) is 3.87. The second kappa shape index (κ2) is 16.3. The average Bonchev–Trinajstić information content (AvgIpc) is 4.00. The molecule has 16 heteroatoms. The molecule has 0 spiro atoms. The van der Waals surface area contributed by atoms with Crippen molar-refractivity contribution in [3.05, 3.63) is 139 Å². The molecular formula is C41H28Br2Cl2N6O6. The third kappa shape index (κ3) is 7.76. The number of para-hydroxylation sites is 2. The van der Waals surface area contributed by atoms with E-state index in [-0.39, 0.29) is 22.2 Å². The van der Waals surface area contributed by atoms with Crippen molar-refractivity contribution in [2.24, 2.45) is 5.73 Å². The Bertz CT molecular complexity index is 2980. The summed E-state index contributed by atoms with van der Waals surface area (Å²) in [4.78, 5) is 71.3. The fourth-order valence-electron chi connectivity index (χ4n) is 6.62. The molecule has 0 bridgehead atoms. The number of benzene rings is 4. The van der Waals surface area contributed by atoms with Crippen molar-refractivity contribution in [3.63, 3.8) is 0 Å². The molecule has 0 atom stereocenters. The van der Waals surface area contributed by atoms with Gasteiger partial charge in [0.05, 0.1) is 30.2 Å². The summed E-state index contributed by atoms with van der Waals surface area (Å²) in [6, 6.07) is 26.4. The van der Waals surface area contributed by atoms with Crippen molar-refractivity contribution in [1.82, 2.24) is 25.3 Å². The van der Waals surface area contributed by atoms with Crippen molar-refractivity contribution in [3.8, 4) is 0 Å². The summed E-state index contributed by atoms with van der Waals surface area (Å²) in [6.45, 7) is 0. The molecule has 0 aliphatic carbocycles. The number of hydrogen-bond acceptors (Lipinski definition) is 6. The zero-order valence-electron chi connectivity index (χ0n) is 29.5. The first-order valence-corrected chi connectivity index (χ1v) is 19.3. The normalized spacial score (nSPS) is 12.4. The maximum atomic E-state index is 12.7. The zero-order valence-corrected chi connectivity index (χ0v) is 34.2. The van der Waals surface area contributed by atoms with E-state index in [1.807, 2.05) is 79.0 Å². The van der Waals surface area contributed by atoms with Gasteiger partial charge in [0.15, 0.2) is 0 Å². The number of aromatic nitrogens is 4. The van der Waals surface area contributed by atoms with Gasteiger partial charge in [-0.05, 0) is 54.1 Å². The number of primary amides is 1. The molecule has 4 aromatic heterocycles. The Kier molecular flexibility index (Phi) is 11.2. The Morgan fingerprint density at radius 3 is 1.91 bits per heavy atom. The monoisotopic (exact) mass is 928 g/mol. The zero-order chi connectivity index (χ0) is 40.5. The molecule has 1 aliphatic heterocycles. The van der Waals surface area contributed by atoms with Gasteiger partial charge in [-0.2, -0.15) is 0 Å². The number of nitrogens with two attached hydrogens (primary N) is 1. The molecule has 5 heterocycles. The first-order valence-electron chi connectivity index (χ1n) is 16.9. The fraction of sp³-hybridized carbons (Fsp3) is 0.0488. The summed E-state index contributed by atoms with van der Waals surface area (Å²) in [5, 5.41) is 6.16. The van der Waals surface area contributed by atoms with Crippen molar-refractivity contribution >= 4 is 139 Å². The minimum Gasteiger partial charge on any atom is -0.463 e. The van der Waals surface area contributed by atoms with E-state index in [1.54, 1.807) is 18.3 Å². The van der Waals surface area contributed by atoms with Crippen LogP contribution in [-0.4, -0.2) is 56.5 Å². The molecule has 0 saturated carbocycles. The number of H-pyrrole nitrogens is 4. The topological polar surface area (TPSA) is 196 Å². The number of halogens is 4. The maximum absolute atomic E-state index is 12.7. The second-order valence-electron chi connectivity index (χ2n) is 12.6. The van der Waals surface area contributed by atoms with E-state index in [1.165, 1.54) is 0 Å². The van der Waals surface area contributed by atoms with Crippen molar-refractivity contribution in [2.75, 3.05) is 7.11 Å². The fourth-order valence-corrected chi connectivity index (χ4v) is 7.93. The third-order valence-electron chi connectivity index (χ3n) is 9.11. The number of fused-ring (bicyclic) bond motifs is 4. The van der Waals surface area contributed by atoms with Crippen LogP contribution in [0.25, 0.3) is 54.8 Å². The average molecular weight is 931 g/mol. The number of carbonyl (C=O) groups is 5. The number of Topliss-reactive ketones (excluding diaryl/α,β-unsaturated/α-hetero) is 1. The molecule has 7 N–H and O–H groups in total. The van der Waals surface area contributed by atoms with Crippen LogP contribution in [0.5, 0.6) is 0 Å². The highest BCUT2D eigenvalue weighted by Gasteiger charge is 2.36. The molecule has 0 saturated heterocycles. The first kappa shape index (κ1) is 39.3. The SMILES string of the molecule is COC(=O)C(=O)c1c(Cl)[nH]c2ccc(Br)cc12.NC(=O)Cc1c[nH]c2ccccc12.O=C1NC(=O)C(c2c(Cl)[nH]c3ccc(Br)cc23)=C1c1c[nH]c2ccccc12. The van der Waals surface area contributed by atoms with Gasteiger partial charge in [0.1, 0.15) is 10.3 Å². The van der Waals surface area contributed by atoms with E-state index < -0.39 is 23.6 Å². The molecule has 0 radical (unpaired) electrons. The molecule has 8 aromatic rings. The van der Waals surface area contributed by atoms with Gasteiger partial charge in [-0.3, -0.25) is 24.5 Å². The number of carbonyl (C=O) groups excluding carboxylic acids is 5. The summed E-state index contributed by atoms with van der Waals surface area (Å²) in [5.41, 5.74) is 11.4. The lowest BCUT2D eigenvalue weighted by Crippen LogP contribution is -2.22. The minimum atomic E-state index is -0.937. The van der Waals surface area contributed by atoms with E-state index in [0.29, 0.717) is 39.2 Å². The molecule has 0 unspecified atom stereocenters. The Labute approximate surface area is 349 Å². The van der Waals surface area contributed by atoms with Crippen LogP contribution in [0.2, 0.25) is 10.3 Å². The first-order chi connectivity index (χ1) is 27.4. The largest absolute Gasteiger partial charge is 0.463 e. The minimum absolute atomic E-state index is 0.133. The highest BCUT2D eigenvalue weighted by Crippen LogP contribution is 2.41. The van der Waals surface area contributed by atoms with E-state index in [9.17, 15) is 24.0 Å². The lowest BCUT2D eigenvalue weighted by molar-refractivity contribution is -0.135. The Morgan fingerprint density at radius 1 is 0.684 bits per heavy atom. The van der Waals surface area contributed by atoms with E-state index >= 15 is 0 Å². The number of rotatable bonds is 6. The van der Waals surface area contributed by atoms with Crippen LogP contribution in [-0.2, 0) is 30.3 Å². The van der Waals surface area contributed by atoms with Crippen LogP contribution in [0, 0.1) is 0 Å². The molecule has 1 aliphatic rings. The number of ether oxygens (including phenoxy) is 1. The molecule has 57 heavy (non-hydrogen) atoms. The van der Waals surface area contributed by atoms with Crippen LogP contribution >= 0.6 is 55.1 Å². The van der Waals surface area contributed by atoms with E-state index in [4.69, 9.17) is 28.9 Å². The number of nitrogens with one attached hydrogen (secondary N) is 5. The summed E-state index contributed by atoms with van der Waals surface area (Å²) in [7, 11) is 1.15. The number of methoxy groups -OCH3 is 1. The van der Waals surface area contributed by atoms with Gasteiger partial charge in [-0.15, -0.1) is 0 Å². The van der Waals surface area contributed by atoms with Gasteiger partial charge in [0, 0.05) is 76.1 Å². The molecule has 4 aromatic carbocycles. The highest BCUT2D eigenvalue weighted by atomic mass is 79.9. The predicted molar refractivity (Wildman–Crippen MR) is 228 cm³/mol. The number of aromatic amines is 4. The molecule has 3 amide bonds. The quantitative estimate of drug-likeness (QED) is 0.0417. The number of imide groups is 1. The molecule has 12 nitrogen and oxygen atoms in total. The van der Waals surface area contributed by atoms with Gasteiger partial charge >= 0.3 is 5.97 Å². The Balaban J connectivity index is 0.000000142. The van der Waals surface area contributed by atoms with Crippen LogP contribution < -0.4 is 11.1 Å². The lowest BCUT2D eigenvalue weighted by atomic mass is 9.95. The van der Waals surface area contributed by atoms with Crippen LogP contribution in [0.15, 0.2) is 106 Å². The van der Waals surface area contributed by atoms with Crippen LogP contribution in [0.3, 0.4) is 0 Å². The van der Waals surface area contributed by atoms with Crippen LogP contribution in [0.1, 0.15) is 27.0 Å². The Morgan fingerprint density at radius 2 is 1.25 bits per heavy atom. The van der Waals surface area contributed by atoms with E-state index in [0.717, 1.165) is 54.3 Å². The predicted octanol–water partition coefficient (Wildman–Crippen LogP) is 8.77. The number of amides is 3. The van der Waals surface area contributed by atoms with Crippen LogP contribution in [0.4, 0.5) is 0 Å². The number of ketones is 1. The third-order valence-corrected chi connectivity index (χ3v) is 10.7.